The first-order chi connectivity index (χ1) is 12.2. The molecule has 1 aromatic carbocycles. The molecule has 1 aliphatic rings. The number of benzene rings is 1. The average Bonchev–Trinajstić information content (AvgIpc) is 3.04. The highest BCUT2D eigenvalue weighted by atomic mass is 16.2. The minimum absolute atomic E-state index is 0.295. The molecule has 5 heteroatoms. The van der Waals surface area contributed by atoms with E-state index in [-0.39, 0.29) is 0 Å². The fourth-order valence-corrected chi connectivity index (χ4v) is 3.00. The first-order valence-corrected chi connectivity index (χ1v) is 9.60. The lowest BCUT2D eigenvalue weighted by atomic mass is 10.1. The molecule has 25 heavy (non-hydrogen) atoms. The van der Waals surface area contributed by atoms with Crippen molar-refractivity contribution < 1.29 is 4.79 Å². The van der Waals surface area contributed by atoms with Gasteiger partial charge in [0.25, 0.3) is 0 Å². The summed E-state index contributed by atoms with van der Waals surface area (Å²) in [7, 11) is 0. The van der Waals surface area contributed by atoms with Gasteiger partial charge in [-0.05, 0) is 43.7 Å². The lowest BCUT2D eigenvalue weighted by Gasteiger charge is -2.15. The van der Waals surface area contributed by atoms with Crippen LogP contribution in [0, 0.1) is 0 Å². The molecule has 1 amide bonds. The number of nitrogens with zero attached hydrogens (tertiary/aromatic N) is 2. The van der Waals surface area contributed by atoms with E-state index in [1.807, 2.05) is 4.90 Å². The largest absolute Gasteiger partial charge is 0.357 e. The molecular weight excluding hydrogens is 312 g/mol. The highest BCUT2D eigenvalue weighted by molar-refractivity contribution is 5.79. The van der Waals surface area contributed by atoms with E-state index in [4.69, 9.17) is 0 Å². The number of carbonyl (C=O) groups is 1. The Labute approximate surface area is 151 Å². The van der Waals surface area contributed by atoms with Gasteiger partial charge in [0.05, 0.1) is 0 Å². The molecule has 0 spiro atoms. The Hall–Kier alpha value is -2.04. The van der Waals surface area contributed by atoms with Crippen LogP contribution in [0.4, 0.5) is 0 Å². The standard InChI is InChI=1S/C20H32N4O/c1-3-17-8-10-18(11-9-17)12-14-23-20(21-4-2)22-13-6-16-24-15-5-7-19(24)25/h8-11H,3-7,12-16H2,1-2H3,(H2,21,22,23). The van der Waals surface area contributed by atoms with Crippen LogP contribution in [0.3, 0.4) is 0 Å². The molecule has 1 heterocycles. The van der Waals surface area contributed by atoms with E-state index in [0.717, 1.165) is 64.4 Å². The lowest BCUT2D eigenvalue weighted by Crippen LogP contribution is -2.38. The Morgan fingerprint density at radius 1 is 1.16 bits per heavy atom. The van der Waals surface area contributed by atoms with E-state index in [9.17, 15) is 4.79 Å². The number of likely N-dealkylation sites (tertiary alicyclic amines) is 1. The Morgan fingerprint density at radius 2 is 1.92 bits per heavy atom. The number of guanidine groups is 1. The van der Waals surface area contributed by atoms with E-state index in [1.165, 1.54) is 11.1 Å². The lowest BCUT2D eigenvalue weighted by molar-refractivity contribution is -0.127. The summed E-state index contributed by atoms with van der Waals surface area (Å²) in [6, 6.07) is 8.82. The number of carbonyl (C=O) groups excluding carboxylic acids is 1. The fraction of sp³-hybridized carbons (Fsp3) is 0.600. The minimum Gasteiger partial charge on any atom is -0.357 e. The highest BCUT2D eigenvalue weighted by Crippen LogP contribution is 2.09. The van der Waals surface area contributed by atoms with Crippen LogP contribution in [0.5, 0.6) is 0 Å². The smallest absolute Gasteiger partial charge is 0.222 e. The maximum atomic E-state index is 11.6. The van der Waals surface area contributed by atoms with Crippen molar-refractivity contribution in [3.8, 4) is 0 Å². The molecule has 138 valence electrons. The van der Waals surface area contributed by atoms with Crippen LogP contribution < -0.4 is 10.6 Å². The molecule has 0 aromatic heterocycles. The summed E-state index contributed by atoms with van der Waals surface area (Å²) in [5.41, 5.74) is 2.72. The molecule has 0 saturated carbocycles. The predicted octanol–water partition coefficient (Wildman–Crippen LogP) is 2.36. The first kappa shape index (κ1) is 19.3. The maximum Gasteiger partial charge on any atom is 0.222 e. The van der Waals surface area contributed by atoms with Gasteiger partial charge in [-0.25, -0.2) is 0 Å². The van der Waals surface area contributed by atoms with Crippen LogP contribution in [-0.4, -0.2) is 49.5 Å². The molecule has 1 fully saturated rings. The van der Waals surface area contributed by atoms with E-state index >= 15 is 0 Å². The number of amides is 1. The molecular formula is C20H32N4O. The van der Waals surface area contributed by atoms with Crippen molar-refractivity contribution in [1.82, 2.24) is 15.5 Å². The first-order valence-electron chi connectivity index (χ1n) is 9.60. The van der Waals surface area contributed by atoms with Gasteiger partial charge in [0.15, 0.2) is 5.96 Å². The number of hydrogen-bond donors (Lipinski definition) is 2. The topological polar surface area (TPSA) is 56.7 Å². The van der Waals surface area contributed by atoms with Crippen LogP contribution in [0.15, 0.2) is 29.3 Å². The molecule has 0 bridgehead atoms. The molecule has 5 nitrogen and oxygen atoms in total. The molecule has 0 unspecified atom stereocenters. The molecule has 0 atom stereocenters. The summed E-state index contributed by atoms with van der Waals surface area (Å²) in [5.74, 6) is 1.16. The summed E-state index contributed by atoms with van der Waals surface area (Å²) in [6.07, 6.45) is 4.70. The van der Waals surface area contributed by atoms with Crippen molar-refractivity contribution in [2.75, 3.05) is 32.7 Å². The van der Waals surface area contributed by atoms with Crippen LogP contribution in [0.25, 0.3) is 0 Å². The molecule has 2 N–H and O–H groups in total. The second-order valence-corrected chi connectivity index (χ2v) is 6.45. The number of aliphatic imine (C=N–C) groups is 1. The van der Waals surface area contributed by atoms with Crippen molar-refractivity contribution in [3.05, 3.63) is 35.4 Å². The van der Waals surface area contributed by atoms with Crippen LogP contribution >= 0.6 is 0 Å². The zero-order valence-electron chi connectivity index (χ0n) is 15.7. The van der Waals surface area contributed by atoms with Gasteiger partial charge in [-0.2, -0.15) is 0 Å². The Balaban J connectivity index is 1.70. The third-order valence-corrected chi connectivity index (χ3v) is 4.51. The second-order valence-electron chi connectivity index (χ2n) is 6.45. The van der Waals surface area contributed by atoms with Crippen molar-refractivity contribution >= 4 is 11.9 Å². The molecule has 1 aliphatic heterocycles. The van der Waals surface area contributed by atoms with Crippen LogP contribution in [-0.2, 0) is 17.6 Å². The molecule has 1 saturated heterocycles. The molecule has 0 radical (unpaired) electrons. The van der Waals surface area contributed by atoms with Gasteiger partial charge in [0.1, 0.15) is 0 Å². The summed E-state index contributed by atoms with van der Waals surface area (Å²) < 4.78 is 0. The van der Waals surface area contributed by atoms with Crippen molar-refractivity contribution in [1.29, 1.82) is 0 Å². The number of nitrogens with one attached hydrogen (secondary N) is 2. The van der Waals surface area contributed by atoms with Gasteiger partial charge in [0, 0.05) is 39.1 Å². The minimum atomic E-state index is 0.295. The Kier molecular flexibility index (Phi) is 8.29. The quantitative estimate of drug-likeness (QED) is 0.411. The fourth-order valence-electron chi connectivity index (χ4n) is 3.00. The number of rotatable bonds is 9. The summed E-state index contributed by atoms with van der Waals surface area (Å²) in [6.45, 7) is 8.44. The van der Waals surface area contributed by atoms with Gasteiger partial charge in [-0.3, -0.25) is 9.79 Å². The van der Waals surface area contributed by atoms with Crippen molar-refractivity contribution in [2.45, 2.75) is 46.0 Å². The summed E-state index contributed by atoms with van der Waals surface area (Å²) >= 11 is 0. The van der Waals surface area contributed by atoms with Gasteiger partial charge < -0.3 is 15.5 Å². The van der Waals surface area contributed by atoms with E-state index in [1.54, 1.807) is 0 Å². The zero-order chi connectivity index (χ0) is 17.9. The average molecular weight is 345 g/mol. The third-order valence-electron chi connectivity index (χ3n) is 4.51. The summed E-state index contributed by atoms with van der Waals surface area (Å²) in [4.78, 5) is 18.2. The van der Waals surface area contributed by atoms with Gasteiger partial charge >= 0.3 is 0 Å². The molecule has 0 aliphatic carbocycles. The Morgan fingerprint density at radius 3 is 2.56 bits per heavy atom. The maximum absolute atomic E-state index is 11.6. The van der Waals surface area contributed by atoms with E-state index in [2.05, 4.69) is 53.7 Å². The summed E-state index contributed by atoms with van der Waals surface area (Å²) in [5, 5.41) is 6.68. The number of aryl methyl sites for hydroxylation is 1. The normalized spacial score (nSPS) is 14.9. The van der Waals surface area contributed by atoms with Gasteiger partial charge in [0.2, 0.25) is 5.91 Å². The molecule has 2 rings (SSSR count). The van der Waals surface area contributed by atoms with Crippen molar-refractivity contribution in [3.63, 3.8) is 0 Å². The Bertz CT molecular complexity index is 553. The third kappa shape index (κ3) is 6.77. The predicted molar refractivity (Wildman–Crippen MR) is 104 cm³/mol. The van der Waals surface area contributed by atoms with Crippen molar-refractivity contribution in [2.24, 2.45) is 4.99 Å². The molecule has 1 aromatic rings. The SMILES string of the molecule is CCNC(=NCCCN1CCCC1=O)NCCc1ccc(CC)cc1. The van der Waals surface area contributed by atoms with Gasteiger partial charge in [-0.15, -0.1) is 0 Å². The monoisotopic (exact) mass is 344 g/mol. The number of hydrogen-bond acceptors (Lipinski definition) is 2. The second kappa shape index (κ2) is 10.7. The van der Waals surface area contributed by atoms with Crippen LogP contribution in [0.2, 0.25) is 0 Å². The van der Waals surface area contributed by atoms with E-state index < -0.39 is 0 Å². The highest BCUT2D eigenvalue weighted by Gasteiger charge is 2.18. The van der Waals surface area contributed by atoms with E-state index in [0.29, 0.717) is 12.3 Å². The van der Waals surface area contributed by atoms with Crippen LogP contribution in [0.1, 0.15) is 44.2 Å². The van der Waals surface area contributed by atoms with Gasteiger partial charge in [-0.1, -0.05) is 31.2 Å². The zero-order valence-corrected chi connectivity index (χ0v) is 15.7.